The summed E-state index contributed by atoms with van der Waals surface area (Å²) in [5, 5.41) is 3.47. The molecule has 0 aliphatic carbocycles. The minimum Gasteiger partial charge on any atom is -0.456 e. The van der Waals surface area contributed by atoms with Crippen LogP contribution in [0.15, 0.2) is 46.9 Å². The second-order valence-corrected chi connectivity index (χ2v) is 14.5. The van der Waals surface area contributed by atoms with Crippen LogP contribution in [0.4, 0.5) is 0 Å². The first-order valence-corrected chi connectivity index (χ1v) is 17.6. The molecule has 0 fully saturated rings. The van der Waals surface area contributed by atoms with E-state index in [-0.39, 0.29) is 136 Å². The summed E-state index contributed by atoms with van der Waals surface area (Å²) in [4.78, 5) is 0. The number of rotatable bonds is 2. The van der Waals surface area contributed by atoms with E-state index in [1.807, 2.05) is 42.5 Å². The fourth-order valence-corrected chi connectivity index (χ4v) is 8.60. The summed E-state index contributed by atoms with van der Waals surface area (Å²) in [6, 6.07) is 13.2. The summed E-state index contributed by atoms with van der Waals surface area (Å²) in [5.74, 6) is 0. The zero-order valence-corrected chi connectivity index (χ0v) is 30.8. The smallest absolute Gasteiger partial charge is 0.135 e. The van der Waals surface area contributed by atoms with Gasteiger partial charge in [0.15, 0.2) is 0 Å². The second kappa shape index (κ2) is 13.4. The van der Waals surface area contributed by atoms with Crippen molar-refractivity contribution >= 4 is 291 Å². The molecule has 0 unspecified atom stereocenters. The molecule has 0 spiro atoms. The van der Waals surface area contributed by atoms with Crippen molar-refractivity contribution in [3.05, 3.63) is 42.5 Å². The summed E-state index contributed by atoms with van der Waals surface area (Å²) >= 11 is 0. The second-order valence-electron chi connectivity index (χ2n) is 14.5. The number of hydrogen-bond acceptors (Lipinski definition) is 1. The predicted molar refractivity (Wildman–Crippen MR) is 266 cm³/mol. The summed E-state index contributed by atoms with van der Waals surface area (Å²) in [5.41, 5.74) is 2.47. The Morgan fingerprint density at radius 3 is 1.07 bits per heavy atom. The van der Waals surface area contributed by atoms with Crippen molar-refractivity contribution in [3.63, 3.8) is 0 Å². The van der Waals surface area contributed by atoms with Crippen LogP contribution in [0.25, 0.3) is 87.3 Å². The molecule has 18 heteroatoms. The highest BCUT2D eigenvalue weighted by Gasteiger charge is 2.29. The molecule has 1 aromatic heterocycles. The highest BCUT2D eigenvalue weighted by Crippen LogP contribution is 2.43. The SMILES string of the molecule is [B]c1c([B])c([B])c2c(-c3c([B])c4c([B])c([B])c([B])c([B])c4c4c([B])c([B])c([B])c([B])c34)c3c([B])c([B])c([B])c([B])c3c(-c3ccc4oc5ccccc5c4c3)c2c1[B]. The third-order valence-electron chi connectivity index (χ3n) is 11.6. The van der Waals surface area contributed by atoms with Crippen molar-refractivity contribution in [2.45, 2.75) is 0 Å². The van der Waals surface area contributed by atoms with Crippen molar-refractivity contribution in [1.29, 1.82) is 0 Å². The predicted octanol–water partition coefficient (Wildman–Crippen LogP) is -8.97. The molecule has 0 saturated carbocycles. The molecule has 0 aliphatic rings. The zero-order valence-electron chi connectivity index (χ0n) is 30.8. The lowest BCUT2D eigenvalue weighted by atomic mass is 9.56. The van der Waals surface area contributed by atoms with Gasteiger partial charge in [-0.05, 0) is 83.5 Å². The number of benzene rings is 8. The molecule has 224 valence electrons. The third kappa shape index (κ3) is 4.96. The number of fused-ring (bicyclic) bond motifs is 8. The van der Waals surface area contributed by atoms with E-state index in [0.717, 1.165) is 10.8 Å². The maximum absolute atomic E-state index is 7.29. The summed E-state index contributed by atoms with van der Waals surface area (Å²) in [7, 11) is 115. The molecule has 1 nitrogen and oxygen atoms in total. The standard InChI is InChI=1S/C40H7B17O/c41-24-17(20-21(30(47)38(55)37(54)29(20)46)22-23(24)32(49)40(57)39(56)31(22)48)14-18-15(25(42)33(50)35(52)27(18)44)13(16-19(14)28(45)36(53)34(51)26(16)43)8-5-6-12-10(7-8)9-3-1-2-4-11(9)58-12/h1-7H. The normalized spacial score (nSPS) is 11.9. The molecule has 0 N–H and O–H groups in total. The Morgan fingerprint density at radius 1 is 0.259 bits per heavy atom. The van der Waals surface area contributed by atoms with Gasteiger partial charge in [0.05, 0.1) is 0 Å². The van der Waals surface area contributed by atoms with Crippen LogP contribution in [0.2, 0.25) is 0 Å². The average Bonchev–Trinajstić information content (AvgIpc) is 3.59. The average molecular weight is 687 g/mol. The van der Waals surface area contributed by atoms with E-state index in [2.05, 4.69) is 0 Å². The molecule has 58 heavy (non-hydrogen) atoms. The van der Waals surface area contributed by atoms with E-state index in [1.54, 1.807) is 0 Å². The third-order valence-corrected chi connectivity index (χ3v) is 11.6. The molecule has 0 amide bonds. The highest BCUT2D eigenvalue weighted by molar-refractivity contribution is 6.76. The quantitative estimate of drug-likeness (QED) is 0.100. The van der Waals surface area contributed by atoms with Gasteiger partial charge in [-0.15, -0.1) is 43.7 Å². The van der Waals surface area contributed by atoms with Gasteiger partial charge in [0.2, 0.25) is 0 Å². The Labute approximate surface area is 358 Å². The molecule has 34 radical (unpaired) electrons. The van der Waals surface area contributed by atoms with Crippen LogP contribution in [-0.4, -0.2) is 133 Å². The van der Waals surface area contributed by atoms with Crippen molar-refractivity contribution in [3.8, 4) is 22.3 Å². The van der Waals surface area contributed by atoms with Crippen LogP contribution >= 0.6 is 0 Å². The maximum atomic E-state index is 7.29. The minimum atomic E-state index is -0.0571. The monoisotopic (exact) mass is 690 g/mol. The van der Waals surface area contributed by atoms with Gasteiger partial charge in [-0.2, -0.15) is 0 Å². The van der Waals surface area contributed by atoms with Gasteiger partial charge in [-0.3, -0.25) is 0 Å². The van der Waals surface area contributed by atoms with Gasteiger partial charge < -0.3 is 4.42 Å². The molecule has 9 aromatic rings. The fourth-order valence-electron chi connectivity index (χ4n) is 8.60. The van der Waals surface area contributed by atoms with E-state index >= 15 is 0 Å². The van der Waals surface area contributed by atoms with Crippen molar-refractivity contribution in [1.82, 2.24) is 0 Å². The molecule has 0 saturated heterocycles. The summed E-state index contributed by atoms with van der Waals surface area (Å²) in [6.07, 6.45) is 0. The van der Waals surface area contributed by atoms with Gasteiger partial charge in [0.1, 0.15) is 145 Å². The Balaban J connectivity index is 1.67. The lowest BCUT2D eigenvalue weighted by Crippen LogP contribution is -2.52. The molecule has 9 rings (SSSR count). The lowest BCUT2D eigenvalue weighted by Gasteiger charge is -2.32. The minimum absolute atomic E-state index is 0.00117. The molecule has 0 bridgehead atoms. The molecule has 0 atom stereocenters. The van der Waals surface area contributed by atoms with Crippen LogP contribution in [-0.2, 0) is 0 Å². The summed E-state index contributed by atoms with van der Waals surface area (Å²) < 4.78 is 6.16. The van der Waals surface area contributed by atoms with E-state index in [4.69, 9.17) is 138 Å². The molecule has 0 aliphatic heterocycles. The van der Waals surface area contributed by atoms with Crippen molar-refractivity contribution < 1.29 is 4.42 Å². The Bertz CT molecular complexity index is 3340. The van der Waals surface area contributed by atoms with E-state index in [9.17, 15) is 0 Å². The molecular formula is C40H7B17O. The van der Waals surface area contributed by atoms with Crippen LogP contribution in [0, 0.1) is 0 Å². The van der Waals surface area contributed by atoms with Crippen LogP contribution < -0.4 is 92.9 Å². The Hall–Kier alpha value is -4.30. The van der Waals surface area contributed by atoms with Gasteiger partial charge >= 0.3 is 0 Å². The van der Waals surface area contributed by atoms with Gasteiger partial charge in [-0.1, -0.05) is 73.4 Å². The fraction of sp³-hybridized carbons (Fsp3) is 0. The Kier molecular flexibility index (Phi) is 9.02. The van der Waals surface area contributed by atoms with E-state index < -0.39 is 0 Å². The maximum Gasteiger partial charge on any atom is 0.135 e. The first kappa shape index (κ1) is 39.2. The lowest BCUT2D eigenvalue weighted by molar-refractivity contribution is 0.669. The zero-order chi connectivity index (χ0) is 41.7. The first-order valence-electron chi connectivity index (χ1n) is 17.6. The van der Waals surface area contributed by atoms with Gasteiger partial charge in [0.25, 0.3) is 0 Å². The van der Waals surface area contributed by atoms with Crippen molar-refractivity contribution in [2.24, 2.45) is 0 Å². The molecular weight excluding hydrogens is 680 g/mol. The van der Waals surface area contributed by atoms with E-state index in [1.165, 1.54) is 0 Å². The highest BCUT2D eigenvalue weighted by atomic mass is 16.3. The van der Waals surface area contributed by atoms with Crippen LogP contribution in [0.1, 0.15) is 0 Å². The van der Waals surface area contributed by atoms with Crippen LogP contribution in [0.5, 0.6) is 0 Å². The first-order chi connectivity index (χ1) is 27.4. The van der Waals surface area contributed by atoms with E-state index in [0.29, 0.717) is 33.1 Å². The molecule has 8 aromatic carbocycles. The number of furan rings is 1. The topological polar surface area (TPSA) is 13.1 Å². The number of para-hydroxylation sites is 1. The molecule has 1 heterocycles. The van der Waals surface area contributed by atoms with Gasteiger partial charge in [-0.25, -0.2) is 0 Å². The van der Waals surface area contributed by atoms with Crippen molar-refractivity contribution in [2.75, 3.05) is 0 Å². The van der Waals surface area contributed by atoms with Crippen LogP contribution in [0.3, 0.4) is 0 Å². The number of hydrogen-bond donors (Lipinski definition) is 0. The largest absolute Gasteiger partial charge is 0.456 e. The Morgan fingerprint density at radius 2 is 0.603 bits per heavy atom. The summed E-state index contributed by atoms with van der Waals surface area (Å²) in [6.45, 7) is 0. The van der Waals surface area contributed by atoms with Gasteiger partial charge in [0, 0.05) is 10.8 Å².